The molecule has 0 spiro atoms. The second-order valence-electron chi connectivity index (χ2n) is 5.73. The molecule has 1 aliphatic rings. The summed E-state index contributed by atoms with van der Waals surface area (Å²) < 4.78 is 0. The van der Waals surface area contributed by atoms with Gasteiger partial charge in [0.1, 0.15) is 0 Å². The fraction of sp³-hybridized carbons (Fsp3) is 0.867. The third kappa shape index (κ3) is 5.62. The van der Waals surface area contributed by atoms with Crippen LogP contribution in [0.2, 0.25) is 0 Å². The van der Waals surface area contributed by atoms with Crippen molar-refractivity contribution in [3.63, 3.8) is 0 Å². The van der Waals surface area contributed by atoms with E-state index < -0.39 is 11.9 Å². The van der Waals surface area contributed by atoms with Crippen LogP contribution in [0.25, 0.3) is 0 Å². The van der Waals surface area contributed by atoms with Crippen LogP contribution in [0, 0.1) is 11.8 Å². The molecule has 0 aromatic rings. The van der Waals surface area contributed by atoms with Crippen LogP contribution in [0.1, 0.15) is 58.8 Å². The molecule has 19 heavy (non-hydrogen) atoms. The van der Waals surface area contributed by atoms with Gasteiger partial charge in [0, 0.05) is 19.5 Å². The monoisotopic (exact) mass is 269 g/mol. The average Bonchev–Trinajstić information content (AvgIpc) is 2.63. The van der Waals surface area contributed by atoms with Gasteiger partial charge in [-0.2, -0.15) is 0 Å². The summed E-state index contributed by atoms with van der Waals surface area (Å²) in [6, 6.07) is 0. The number of carboxylic acid groups (broad SMARTS) is 1. The summed E-state index contributed by atoms with van der Waals surface area (Å²) in [6.07, 6.45) is 7.94. The maximum atomic E-state index is 12.2. The van der Waals surface area contributed by atoms with E-state index in [0.717, 1.165) is 12.8 Å². The Bertz CT molecular complexity index is 296. The first-order chi connectivity index (χ1) is 9.04. The van der Waals surface area contributed by atoms with E-state index in [9.17, 15) is 9.59 Å². The smallest absolute Gasteiger partial charge is 0.308 e. The number of nitrogens with zero attached hydrogens (tertiary/aromatic N) is 1. The molecular weight excluding hydrogens is 242 g/mol. The van der Waals surface area contributed by atoms with Crippen molar-refractivity contribution in [3.8, 4) is 0 Å². The Morgan fingerprint density at radius 2 is 1.79 bits per heavy atom. The molecule has 0 heterocycles. The Morgan fingerprint density at radius 1 is 1.21 bits per heavy atom. The van der Waals surface area contributed by atoms with Crippen molar-refractivity contribution in [2.24, 2.45) is 11.8 Å². The average molecular weight is 269 g/mol. The van der Waals surface area contributed by atoms with Crippen LogP contribution in [0.15, 0.2) is 0 Å². The summed E-state index contributed by atoms with van der Waals surface area (Å²) in [4.78, 5) is 24.8. The van der Waals surface area contributed by atoms with Crippen molar-refractivity contribution in [3.05, 3.63) is 0 Å². The number of amides is 1. The number of rotatable bonds is 6. The molecule has 1 saturated carbocycles. The third-order valence-corrected chi connectivity index (χ3v) is 4.09. The van der Waals surface area contributed by atoms with Crippen molar-refractivity contribution >= 4 is 11.9 Å². The van der Waals surface area contributed by atoms with Crippen LogP contribution >= 0.6 is 0 Å². The minimum Gasteiger partial charge on any atom is -0.481 e. The quantitative estimate of drug-likeness (QED) is 0.754. The zero-order valence-corrected chi connectivity index (χ0v) is 12.2. The molecule has 0 aliphatic heterocycles. The van der Waals surface area contributed by atoms with E-state index in [4.69, 9.17) is 5.11 Å². The molecular formula is C15H27NO3. The summed E-state index contributed by atoms with van der Waals surface area (Å²) in [5.74, 6) is -0.689. The summed E-state index contributed by atoms with van der Waals surface area (Å²) in [7, 11) is 0. The number of hydrogen-bond donors (Lipinski definition) is 1. The first-order valence-corrected chi connectivity index (χ1v) is 7.55. The van der Waals surface area contributed by atoms with Gasteiger partial charge in [0.2, 0.25) is 5.91 Å². The van der Waals surface area contributed by atoms with Gasteiger partial charge >= 0.3 is 5.97 Å². The minimum atomic E-state index is -0.833. The van der Waals surface area contributed by atoms with Crippen LogP contribution < -0.4 is 0 Å². The Morgan fingerprint density at radius 3 is 2.26 bits per heavy atom. The van der Waals surface area contributed by atoms with Crippen LogP contribution in [0.3, 0.4) is 0 Å². The van der Waals surface area contributed by atoms with Crippen LogP contribution in [-0.4, -0.2) is 35.0 Å². The zero-order chi connectivity index (χ0) is 14.3. The summed E-state index contributed by atoms with van der Waals surface area (Å²) >= 11 is 0. The summed E-state index contributed by atoms with van der Waals surface area (Å²) in [5, 5.41) is 8.93. The van der Waals surface area contributed by atoms with Crippen molar-refractivity contribution in [2.75, 3.05) is 13.1 Å². The predicted octanol–water partition coefficient (Wildman–Crippen LogP) is 2.92. The number of carbonyl (C=O) groups is 2. The third-order valence-electron chi connectivity index (χ3n) is 4.09. The maximum absolute atomic E-state index is 12.2. The molecule has 1 rings (SSSR count). The molecule has 1 fully saturated rings. The molecule has 1 aliphatic carbocycles. The lowest BCUT2D eigenvalue weighted by molar-refractivity contribution is -0.143. The van der Waals surface area contributed by atoms with Crippen molar-refractivity contribution in [1.29, 1.82) is 0 Å². The largest absolute Gasteiger partial charge is 0.481 e. The van der Waals surface area contributed by atoms with E-state index in [1.165, 1.54) is 25.7 Å². The van der Waals surface area contributed by atoms with Gasteiger partial charge < -0.3 is 10.0 Å². The molecule has 0 aromatic heterocycles. The zero-order valence-electron chi connectivity index (χ0n) is 12.2. The minimum absolute atomic E-state index is 0.127. The number of carboxylic acids is 1. The van der Waals surface area contributed by atoms with Gasteiger partial charge in [0.15, 0.2) is 0 Å². The predicted molar refractivity (Wildman–Crippen MR) is 74.9 cm³/mol. The van der Waals surface area contributed by atoms with Crippen LogP contribution in [-0.2, 0) is 9.59 Å². The van der Waals surface area contributed by atoms with Crippen molar-refractivity contribution in [1.82, 2.24) is 4.90 Å². The first-order valence-electron chi connectivity index (χ1n) is 7.55. The van der Waals surface area contributed by atoms with E-state index in [2.05, 4.69) is 0 Å². The molecule has 1 atom stereocenters. The maximum Gasteiger partial charge on any atom is 0.308 e. The van der Waals surface area contributed by atoms with Gasteiger partial charge in [-0.1, -0.05) is 32.6 Å². The van der Waals surface area contributed by atoms with Gasteiger partial charge in [0.25, 0.3) is 0 Å². The Balaban J connectivity index is 2.46. The van der Waals surface area contributed by atoms with E-state index in [0.29, 0.717) is 25.4 Å². The normalized spacial score (nSPS) is 18.6. The fourth-order valence-electron chi connectivity index (χ4n) is 2.76. The Kier molecular flexibility index (Phi) is 6.89. The molecule has 0 aromatic carbocycles. The van der Waals surface area contributed by atoms with Crippen molar-refractivity contribution in [2.45, 2.75) is 58.8 Å². The lowest BCUT2D eigenvalue weighted by atomic mass is 9.96. The molecule has 1 amide bonds. The lowest BCUT2D eigenvalue weighted by Crippen LogP contribution is -2.37. The van der Waals surface area contributed by atoms with E-state index in [-0.39, 0.29) is 5.91 Å². The second kappa shape index (κ2) is 8.18. The Hall–Kier alpha value is -1.06. The lowest BCUT2D eigenvalue weighted by Gasteiger charge is -2.25. The summed E-state index contributed by atoms with van der Waals surface area (Å²) in [5.41, 5.74) is 0. The van der Waals surface area contributed by atoms with E-state index >= 15 is 0 Å². The van der Waals surface area contributed by atoms with Gasteiger partial charge in [-0.3, -0.25) is 9.59 Å². The van der Waals surface area contributed by atoms with Crippen molar-refractivity contribution < 1.29 is 14.7 Å². The highest BCUT2D eigenvalue weighted by Crippen LogP contribution is 2.26. The highest BCUT2D eigenvalue weighted by atomic mass is 16.4. The number of aliphatic carboxylic acids is 1. The first kappa shape index (κ1) is 16.0. The van der Waals surface area contributed by atoms with Gasteiger partial charge in [-0.15, -0.1) is 0 Å². The molecule has 0 saturated heterocycles. The SMILES string of the molecule is CCN(CC(C)C(=O)O)C(=O)CC1CCCCCC1. The molecule has 1 unspecified atom stereocenters. The summed E-state index contributed by atoms with van der Waals surface area (Å²) in [6.45, 7) is 4.50. The Labute approximate surface area is 116 Å². The standard InChI is InChI=1S/C15H27NO3/c1-3-16(11-12(2)15(18)19)14(17)10-13-8-6-4-5-7-9-13/h12-13H,3-11H2,1-2H3,(H,18,19). The highest BCUT2D eigenvalue weighted by molar-refractivity contribution is 5.77. The van der Waals surface area contributed by atoms with Crippen LogP contribution in [0.5, 0.6) is 0 Å². The van der Waals surface area contributed by atoms with E-state index in [1.807, 2.05) is 6.92 Å². The molecule has 110 valence electrons. The van der Waals surface area contributed by atoms with Gasteiger partial charge in [-0.05, 0) is 25.7 Å². The fourth-order valence-corrected chi connectivity index (χ4v) is 2.76. The second-order valence-corrected chi connectivity index (χ2v) is 5.73. The molecule has 1 N–H and O–H groups in total. The van der Waals surface area contributed by atoms with Gasteiger partial charge in [-0.25, -0.2) is 0 Å². The molecule has 4 heteroatoms. The number of carbonyl (C=O) groups excluding carboxylic acids is 1. The molecule has 4 nitrogen and oxygen atoms in total. The van der Waals surface area contributed by atoms with E-state index in [1.54, 1.807) is 11.8 Å². The van der Waals surface area contributed by atoms with Crippen LogP contribution in [0.4, 0.5) is 0 Å². The topological polar surface area (TPSA) is 57.6 Å². The molecule has 0 bridgehead atoms. The highest BCUT2D eigenvalue weighted by Gasteiger charge is 2.22. The molecule has 0 radical (unpaired) electrons. The van der Waals surface area contributed by atoms with Gasteiger partial charge in [0.05, 0.1) is 5.92 Å². The number of hydrogen-bond acceptors (Lipinski definition) is 2.